The predicted molar refractivity (Wildman–Crippen MR) is 123 cm³/mol. The van der Waals surface area contributed by atoms with Gasteiger partial charge < -0.3 is 16.4 Å². The van der Waals surface area contributed by atoms with E-state index in [2.05, 4.69) is 25.6 Å². The Hall–Kier alpha value is -4.58. The Morgan fingerprint density at radius 1 is 1.15 bits per heavy atom. The molecule has 0 aliphatic heterocycles. The number of amides is 1. The minimum Gasteiger partial charge on any atom is -0.368 e. The van der Waals surface area contributed by atoms with E-state index in [0.29, 0.717) is 12.4 Å². The van der Waals surface area contributed by atoms with Crippen LogP contribution in [0.5, 0.6) is 0 Å². The van der Waals surface area contributed by atoms with Crippen LogP contribution in [0.15, 0.2) is 60.9 Å². The van der Waals surface area contributed by atoms with Gasteiger partial charge in [-0.25, -0.2) is 19.3 Å². The lowest BCUT2D eigenvalue weighted by Crippen LogP contribution is -2.28. The van der Waals surface area contributed by atoms with E-state index in [4.69, 9.17) is 5.73 Å². The highest BCUT2D eigenvalue weighted by atomic mass is 19.1. The third kappa shape index (κ3) is 5.02. The first kappa shape index (κ1) is 21.6. The summed E-state index contributed by atoms with van der Waals surface area (Å²) in [5, 5.41) is 16.1. The molecule has 1 atom stereocenters. The van der Waals surface area contributed by atoms with Gasteiger partial charge in [-0.3, -0.25) is 4.79 Å². The summed E-state index contributed by atoms with van der Waals surface area (Å²) in [6.45, 7) is 2.18. The number of nitrogen functional groups attached to an aromatic ring is 1. The number of rotatable bonds is 6. The lowest BCUT2D eigenvalue weighted by Gasteiger charge is -2.16. The Balaban J connectivity index is 1.54. The summed E-state index contributed by atoms with van der Waals surface area (Å²) in [6, 6.07) is 14.7. The maximum atomic E-state index is 13.2. The highest BCUT2D eigenvalue weighted by Crippen LogP contribution is 2.20. The van der Waals surface area contributed by atoms with Crippen LogP contribution in [0.25, 0.3) is 10.9 Å². The third-order valence-electron chi connectivity index (χ3n) is 5.10. The number of pyridine rings is 1. The molecule has 4 N–H and O–H groups in total. The molecule has 2 heterocycles. The Bertz CT molecular complexity index is 1370. The zero-order valence-electron chi connectivity index (χ0n) is 17.7. The molecule has 0 fully saturated rings. The second-order valence-corrected chi connectivity index (χ2v) is 7.45. The van der Waals surface area contributed by atoms with Gasteiger partial charge in [0.15, 0.2) is 0 Å². The van der Waals surface area contributed by atoms with Crippen molar-refractivity contribution in [3.63, 3.8) is 0 Å². The average molecular weight is 441 g/mol. The number of halogens is 1. The third-order valence-corrected chi connectivity index (χ3v) is 5.10. The van der Waals surface area contributed by atoms with Crippen molar-refractivity contribution in [1.29, 1.82) is 5.26 Å². The minimum absolute atomic E-state index is 0.209. The van der Waals surface area contributed by atoms with Gasteiger partial charge in [0, 0.05) is 24.3 Å². The number of nitriles is 1. The molecule has 1 amide bonds. The van der Waals surface area contributed by atoms with E-state index in [1.807, 2.05) is 24.3 Å². The molecule has 0 unspecified atom stereocenters. The second-order valence-electron chi connectivity index (χ2n) is 7.45. The number of carbonyl (C=O) groups excluding carboxylic acids is 1. The van der Waals surface area contributed by atoms with Gasteiger partial charge in [0.05, 0.1) is 22.7 Å². The Kier molecular flexibility index (Phi) is 6.09. The van der Waals surface area contributed by atoms with E-state index >= 15 is 0 Å². The number of nitrogens with one attached hydrogen (secondary N) is 2. The number of fused-ring (bicyclic) bond motifs is 1. The summed E-state index contributed by atoms with van der Waals surface area (Å²) < 4.78 is 13.2. The molecule has 0 aliphatic carbocycles. The van der Waals surface area contributed by atoms with Crippen LogP contribution in [0.2, 0.25) is 0 Å². The van der Waals surface area contributed by atoms with Crippen LogP contribution >= 0.6 is 0 Å². The molecule has 164 valence electrons. The molecular weight excluding hydrogens is 421 g/mol. The van der Waals surface area contributed by atoms with Crippen molar-refractivity contribution in [2.24, 2.45) is 0 Å². The van der Waals surface area contributed by atoms with Gasteiger partial charge in [0.1, 0.15) is 17.7 Å². The summed E-state index contributed by atoms with van der Waals surface area (Å²) in [7, 11) is 0. The highest BCUT2D eigenvalue weighted by Gasteiger charge is 2.17. The molecule has 4 rings (SSSR count). The van der Waals surface area contributed by atoms with Crippen LogP contribution in [0.4, 0.5) is 16.2 Å². The molecule has 33 heavy (non-hydrogen) atoms. The molecule has 9 heteroatoms. The molecule has 0 radical (unpaired) electrons. The number of nitrogens with two attached hydrogens (primary N) is 1. The van der Waals surface area contributed by atoms with Crippen molar-refractivity contribution in [3.05, 3.63) is 89.0 Å². The summed E-state index contributed by atoms with van der Waals surface area (Å²) in [5.41, 5.74) is 8.53. The van der Waals surface area contributed by atoms with Gasteiger partial charge in [-0.1, -0.05) is 18.2 Å². The lowest BCUT2D eigenvalue weighted by atomic mass is 10.1. The van der Waals surface area contributed by atoms with Crippen molar-refractivity contribution in [2.75, 3.05) is 11.1 Å². The lowest BCUT2D eigenvalue weighted by molar-refractivity contribution is 0.0940. The minimum atomic E-state index is -0.402. The number of anilines is 2. The first-order chi connectivity index (χ1) is 15.9. The maximum absolute atomic E-state index is 13.2. The number of benzene rings is 2. The maximum Gasteiger partial charge on any atom is 0.255 e. The van der Waals surface area contributed by atoms with Gasteiger partial charge in [0.2, 0.25) is 5.95 Å². The molecule has 0 saturated heterocycles. The number of hydrogen-bond acceptors (Lipinski definition) is 7. The topological polar surface area (TPSA) is 130 Å². The predicted octanol–water partition coefficient (Wildman–Crippen LogP) is 3.72. The molecule has 2 aromatic heterocycles. The first-order valence-corrected chi connectivity index (χ1v) is 10.1. The monoisotopic (exact) mass is 441 g/mol. The molecular formula is C24H20FN7O. The quantitative estimate of drug-likeness (QED) is 0.416. The smallest absolute Gasteiger partial charge is 0.255 e. The molecule has 0 bridgehead atoms. The molecule has 0 spiro atoms. The fourth-order valence-corrected chi connectivity index (χ4v) is 3.34. The Morgan fingerprint density at radius 2 is 1.94 bits per heavy atom. The van der Waals surface area contributed by atoms with Gasteiger partial charge in [-0.05, 0) is 48.4 Å². The number of nitrogens with zero attached hydrogens (tertiary/aromatic N) is 4. The molecule has 8 nitrogen and oxygen atoms in total. The zero-order chi connectivity index (χ0) is 23.4. The molecule has 2 aromatic carbocycles. The highest BCUT2D eigenvalue weighted by molar-refractivity contribution is 5.99. The Morgan fingerprint density at radius 3 is 2.70 bits per heavy atom. The number of hydrogen-bond donors (Lipinski definition) is 3. The SMILES string of the molecule is C[C@H](NC(=O)c1cc(C#N)cnc1NCc1ccc2nc(N)ncc2c1)c1ccc(F)cc1. The fourth-order valence-electron chi connectivity index (χ4n) is 3.34. The van der Waals surface area contributed by atoms with Crippen molar-refractivity contribution in [2.45, 2.75) is 19.5 Å². The van der Waals surface area contributed by atoms with E-state index < -0.39 is 5.91 Å². The number of carbonyl (C=O) groups is 1. The molecule has 4 aromatic rings. The molecule has 0 aliphatic rings. The standard InChI is InChI=1S/C24H20FN7O/c1-14(17-3-5-19(25)6-4-17)31-23(33)20-9-16(10-26)12-29-22(20)28-11-15-2-7-21-18(8-15)13-30-24(27)32-21/h2-9,12-14H,11H2,1H3,(H,28,29)(H,31,33)(H2,27,30,32)/t14-/m0/s1. The van der Waals surface area contributed by atoms with Crippen LogP contribution in [0, 0.1) is 17.1 Å². The van der Waals surface area contributed by atoms with Crippen LogP contribution < -0.4 is 16.4 Å². The number of aromatic nitrogens is 3. The largest absolute Gasteiger partial charge is 0.368 e. The first-order valence-electron chi connectivity index (χ1n) is 10.1. The van der Waals surface area contributed by atoms with E-state index in [9.17, 15) is 14.4 Å². The van der Waals surface area contributed by atoms with Crippen LogP contribution in [-0.4, -0.2) is 20.9 Å². The average Bonchev–Trinajstić information content (AvgIpc) is 2.82. The van der Waals surface area contributed by atoms with Crippen LogP contribution in [-0.2, 0) is 6.54 Å². The summed E-state index contributed by atoms with van der Waals surface area (Å²) >= 11 is 0. The summed E-state index contributed by atoms with van der Waals surface area (Å²) in [5.74, 6) is -0.202. The van der Waals surface area contributed by atoms with Crippen LogP contribution in [0.3, 0.4) is 0 Å². The van der Waals surface area contributed by atoms with E-state index in [0.717, 1.165) is 22.0 Å². The van der Waals surface area contributed by atoms with Gasteiger partial charge in [-0.15, -0.1) is 0 Å². The van der Waals surface area contributed by atoms with Gasteiger partial charge in [0.25, 0.3) is 5.91 Å². The Labute approximate surface area is 189 Å². The van der Waals surface area contributed by atoms with Crippen molar-refractivity contribution < 1.29 is 9.18 Å². The van der Waals surface area contributed by atoms with Crippen molar-refractivity contribution >= 4 is 28.6 Å². The second kappa shape index (κ2) is 9.28. The molecule has 0 saturated carbocycles. The summed E-state index contributed by atoms with van der Waals surface area (Å²) in [4.78, 5) is 25.5. The van der Waals surface area contributed by atoms with E-state index in [1.165, 1.54) is 24.4 Å². The van der Waals surface area contributed by atoms with Gasteiger partial charge in [-0.2, -0.15) is 5.26 Å². The van der Waals surface area contributed by atoms with E-state index in [-0.39, 0.29) is 28.9 Å². The van der Waals surface area contributed by atoms with Gasteiger partial charge >= 0.3 is 0 Å². The summed E-state index contributed by atoms with van der Waals surface area (Å²) in [6.07, 6.45) is 3.05. The van der Waals surface area contributed by atoms with Crippen molar-refractivity contribution in [1.82, 2.24) is 20.3 Å². The van der Waals surface area contributed by atoms with Crippen molar-refractivity contribution in [3.8, 4) is 6.07 Å². The normalized spacial score (nSPS) is 11.5. The fraction of sp³-hybridized carbons (Fsp3) is 0.125. The van der Waals surface area contributed by atoms with Crippen LogP contribution in [0.1, 0.15) is 40.0 Å². The van der Waals surface area contributed by atoms with E-state index in [1.54, 1.807) is 25.3 Å². The zero-order valence-corrected chi connectivity index (χ0v) is 17.7.